The van der Waals surface area contributed by atoms with Gasteiger partial charge in [-0.2, -0.15) is 13.2 Å². The minimum absolute atomic E-state index is 0.110. The van der Waals surface area contributed by atoms with Gasteiger partial charge >= 0.3 is 6.18 Å². The summed E-state index contributed by atoms with van der Waals surface area (Å²) >= 11 is 0. The first-order valence-electron chi connectivity index (χ1n) is 5.95. The summed E-state index contributed by atoms with van der Waals surface area (Å²) in [5, 5.41) is 3.16. The fourth-order valence-corrected chi connectivity index (χ4v) is 2.62. The van der Waals surface area contributed by atoms with Crippen LogP contribution in [0.2, 0.25) is 0 Å². The highest BCUT2D eigenvalue weighted by molar-refractivity contribution is 7.89. The van der Waals surface area contributed by atoms with Gasteiger partial charge in [-0.1, -0.05) is 0 Å². The van der Waals surface area contributed by atoms with Crippen LogP contribution in [-0.4, -0.2) is 50.8 Å². The SMILES string of the molecule is CN(CCC(F)(F)F)S(=O)(=O)CCCNC1CC1. The molecule has 18 heavy (non-hydrogen) atoms. The summed E-state index contributed by atoms with van der Waals surface area (Å²) in [6.07, 6.45) is -2.76. The molecule has 1 saturated carbocycles. The molecular formula is C10H19F3N2O2S. The maximum absolute atomic E-state index is 12.0. The van der Waals surface area contributed by atoms with E-state index in [0.29, 0.717) is 19.0 Å². The molecule has 1 aliphatic carbocycles. The summed E-state index contributed by atoms with van der Waals surface area (Å²) in [4.78, 5) is 0. The summed E-state index contributed by atoms with van der Waals surface area (Å²) < 4.78 is 60.0. The van der Waals surface area contributed by atoms with Gasteiger partial charge < -0.3 is 5.32 Å². The first-order chi connectivity index (χ1) is 8.21. The molecule has 0 heterocycles. The largest absolute Gasteiger partial charge is 0.390 e. The Labute approximate surface area is 106 Å². The predicted octanol–water partition coefficient (Wildman–Crippen LogP) is 1.34. The van der Waals surface area contributed by atoms with Crippen molar-refractivity contribution in [3.05, 3.63) is 0 Å². The van der Waals surface area contributed by atoms with Crippen molar-refractivity contribution in [2.24, 2.45) is 0 Å². The van der Waals surface area contributed by atoms with Crippen LogP contribution in [0.3, 0.4) is 0 Å². The molecule has 1 aliphatic rings. The van der Waals surface area contributed by atoms with Crippen LogP contribution in [-0.2, 0) is 10.0 Å². The molecule has 0 saturated heterocycles. The van der Waals surface area contributed by atoms with Crippen LogP contribution in [0.5, 0.6) is 0 Å². The molecule has 0 radical (unpaired) electrons. The first-order valence-corrected chi connectivity index (χ1v) is 7.56. The number of sulfonamides is 1. The zero-order valence-corrected chi connectivity index (χ0v) is 11.1. The lowest BCUT2D eigenvalue weighted by Gasteiger charge is -2.18. The molecular weight excluding hydrogens is 269 g/mol. The van der Waals surface area contributed by atoms with Crippen molar-refractivity contribution >= 4 is 10.0 Å². The quantitative estimate of drug-likeness (QED) is 0.686. The van der Waals surface area contributed by atoms with E-state index in [1.54, 1.807) is 0 Å². The third-order valence-electron chi connectivity index (χ3n) is 2.77. The van der Waals surface area contributed by atoms with Gasteiger partial charge in [0.25, 0.3) is 0 Å². The molecule has 1 N–H and O–H groups in total. The summed E-state index contributed by atoms with van der Waals surface area (Å²) in [7, 11) is -2.38. The van der Waals surface area contributed by atoms with Crippen LogP contribution in [0.15, 0.2) is 0 Å². The van der Waals surface area contributed by atoms with Crippen molar-refractivity contribution in [1.29, 1.82) is 0 Å². The molecule has 0 aromatic carbocycles. The Kier molecular flexibility index (Phi) is 5.42. The second-order valence-corrected chi connectivity index (χ2v) is 6.78. The second kappa shape index (κ2) is 6.21. The maximum atomic E-state index is 12.0. The molecule has 108 valence electrons. The van der Waals surface area contributed by atoms with Crippen molar-refractivity contribution < 1.29 is 21.6 Å². The maximum Gasteiger partial charge on any atom is 0.390 e. The lowest BCUT2D eigenvalue weighted by atomic mass is 10.4. The highest BCUT2D eigenvalue weighted by atomic mass is 32.2. The van der Waals surface area contributed by atoms with E-state index in [-0.39, 0.29) is 5.75 Å². The van der Waals surface area contributed by atoms with E-state index >= 15 is 0 Å². The van der Waals surface area contributed by atoms with Crippen LogP contribution in [0.4, 0.5) is 13.2 Å². The van der Waals surface area contributed by atoms with Gasteiger partial charge in [0.2, 0.25) is 10.0 Å². The van der Waals surface area contributed by atoms with E-state index < -0.39 is 29.2 Å². The van der Waals surface area contributed by atoms with Gasteiger partial charge in [-0.25, -0.2) is 12.7 Å². The van der Waals surface area contributed by atoms with Crippen LogP contribution >= 0.6 is 0 Å². The lowest BCUT2D eigenvalue weighted by Crippen LogP contribution is -2.33. The van der Waals surface area contributed by atoms with Crippen LogP contribution in [0.1, 0.15) is 25.7 Å². The zero-order chi connectivity index (χ0) is 13.8. The van der Waals surface area contributed by atoms with Gasteiger partial charge in [0.05, 0.1) is 12.2 Å². The Balaban J connectivity index is 2.22. The molecule has 0 unspecified atom stereocenters. The first kappa shape index (κ1) is 15.7. The smallest absolute Gasteiger partial charge is 0.314 e. The van der Waals surface area contributed by atoms with Gasteiger partial charge in [-0.05, 0) is 25.8 Å². The zero-order valence-electron chi connectivity index (χ0n) is 10.3. The van der Waals surface area contributed by atoms with Crippen molar-refractivity contribution in [3.63, 3.8) is 0 Å². The van der Waals surface area contributed by atoms with Crippen LogP contribution in [0, 0.1) is 0 Å². The Morgan fingerprint density at radius 3 is 2.44 bits per heavy atom. The topological polar surface area (TPSA) is 49.4 Å². The second-order valence-electron chi connectivity index (χ2n) is 4.58. The highest BCUT2D eigenvalue weighted by Gasteiger charge is 2.29. The van der Waals surface area contributed by atoms with Crippen LogP contribution in [0.25, 0.3) is 0 Å². The highest BCUT2D eigenvalue weighted by Crippen LogP contribution is 2.20. The Hall–Kier alpha value is -0.340. The van der Waals surface area contributed by atoms with Gasteiger partial charge in [0.15, 0.2) is 0 Å². The van der Waals surface area contributed by atoms with Gasteiger partial charge in [0.1, 0.15) is 0 Å². The van der Waals surface area contributed by atoms with Crippen molar-refractivity contribution in [3.8, 4) is 0 Å². The molecule has 4 nitrogen and oxygen atoms in total. The average molecular weight is 288 g/mol. The van der Waals surface area contributed by atoms with Gasteiger partial charge in [-0.15, -0.1) is 0 Å². The van der Waals surface area contributed by atoms with E-state index in [9.17, 15) is 21.6 Å². The molecule has 0 bridgehead atoms. The minimum atomic E-state index is -4.32. The van der Waals surface area contributed by atoms with E-state index in [0.717, 1.165) is 17.1 Å². The number of halogens is 3. The summed E-state index contributed by atoms with van der Waals surface area (Å²) in [5.74, 6) is -0.110. The lowest BCUT2D eigenvalue weighted by molar-refractivity contribution is -0.135. The number of rotatable bonds is 8. The Bertz CT molecular complexity index is 353. The van der Waals surface area contributed by atoms with E-state index in [1.807, 2.05) is 0 Å². The minimum Gasteiger partial charge on any atom is -0.314 e. The summed E-state index contributed by atoms with van der Waals surface area (Å²) in [5.41, 5.74) is 0. The van der Waals surface area contributed by atoms with Crippen molar-refractivity contribution in [2.75, 3.05) is 25.9 Å². The standard InChI is InChI=1S/C10H19F3N2O2S/c1-15(7-5-10(11,12)13)18(16,17)8-2-6-14-9-3-4-9/h9,14H,2-8H2,1H3. The van der Waals surface area contributed by atoms with Crippen molar-refractivity contribution in [1.82, 2.24) is 9.62 Å². The predicted molar refractivity (Wildman–Crippen MR) is 62.7 cm³/mol. The normalized spacial score (nSPS) is 17.4. The third kappa shape index (κ3) is 6.55. The number of nitrogens with zero attached hydrogens (tertiary/aromatic N) is 1. The van der Waals surface area contributed by atoms with Crippen molar-refractivity contribution in [2.45, 2.75) is 37.9 Å². The number of hydrogen-bond acceptors (Lipinski definition) is 3. The molecule has 0 aliphatic heterocycles. The summed E-state index contributed by atoms with van der Waals surface area (Å²) in [6.45, 7) is 0.0822. The molecule has 0 amide bonds. The fraction of sp³-hybridized carbons (Fsp3) is 1.00. The van der Waals surface area contributed by atoms with E-state index in [2.05, 4.69) is 5.32 Å². The third-order valence-corrected chi connectivity index (χ3v) is 4.71. The fourth-order valence-electron chi connectivity index (χ4n) is 1.43. The molecule has 0 spiro atoms. The molecule has 0 aromatic heterocycles. The Morgan fingerprint density at radius 1 is 1.33 bits per heavy atom. The molecule has 1 rings (SSSR count). The molecule has 0 aromatic rings. The molecule has 0 atom stereocenters. The van der Waals surface area contributed by atoms with E-state index in [4.69, 9.17) is 0 Å². The average Bonchev–Trinajstić information content (AvgIpc) is 3.03. The molecule has 1 fully saturated rings. The van der Waals surface area contributed by atoms with Gasteiger partial charge in [-0.3, -0.25) is 0 Å². The Morgan fingerprint density at radius 2 is 1.94 bits per heavy atom. The van der Waals surface area contributed by atoms with E-state index in [1.165, 1.54) is 7.05 Å². The summed E-state index contributed by atoms with van der Waals surface area (Å²) in [6, 6.07) is 0.510. The monoisotopic (exact) mass is 288 g/mol. The number of alkyl halides is 3. The van der Waals surface area contributed by atoms with Crippen LogP contribution < -0.4 is 5.32 Å². The molecule has 8 heteroatoms. The van der Waals surface area contributed by atoms with Gasteiger partial charge in [0, 0.05) is 19.6 Å². The number of nitrogens with one attached hydrogen (secondary N) is 1. The number of hydrogen-bond donors (Lipinski definition) is 1.